The zero-order chi connectivity index (χ0) is 39.1. The van der Waals surface area contributed by atoms with Gasteiger partial charge in [0.05, 0.1) is 27.4 Å². The van der Waals surface area contributed by atoms with Gasteiger partial charge in [-0.25, -0.2) is 16.8 Å². The van der Waals surface area contributed by atoms with Gasteiger partial charge in [0.1, 0.15) is 34.5 Å². The maximum absolute atomic E-state index is 15.3. The molecular formula is C45H42O8S2. The SMILES string of the molecule is Cc1ccc(S(=O)(=O)c2c(OCC(C)O)cccc2C2(c3cccc(OCC(C)O)c3S(=O)(=O)c3ccc(C)cc3)c3ccccc3-c3ccccc32)cc1. The van der Waals surface area contributed by atoms with Gasteiger partial charge in [-0.3, -0.25) is 0 Å². The number of ether oxygens (including phenoxy) is 2. The second kappa shape index (κ2) is 14.8. The Morgan fingerprint density at radius 1 is 0.491 bits per heavy atom. The van der Waals surface area contributed by atoms with Crippen LogP contribution in [-0.4, -0.2) is 52.5 Å². The van der Waals surface area contributed by atoms with E-state index in [9.17, 15) is 10.2 Å². The first-order chi connectivity index (χ1) is 26.3. The lowest BCUT2D eigenvalue weighted by Gasteiger charge is -2.37. The third-order valence-corrected chi connectivity index (χ3v) is 13.6. The van der Waals surface area contributed by atoms with E-state index in [0.717, 1.165) is 22.3 Å². The highest BCUT2D eigenvalue weighted by Crippen LogP contribution is 2.60. The summed E-state index contributed by atoms with van der Waals surface area (Å²) in [5.41, 5.74) is 3.53. The lowest BCUT2D eigenvalue weighted by molar-refractivity contribution is 0.120. The number of aliphatic hydroxyl groups excluding tert-OH is 2. The van der Waals surface area contributed by atoms with Crippen LogP contribution in [0.25, 0.3) is 11.1 Å². The summed E-state index contributed by atoms with van der Waals surface area (Å²) in [4.78, 5) is -0.299. The number of aryl methyl sites for hydroxylation is 2. The van der Waals surface area contributed by atoms with E-state index >= 15 is 16.8 Å². The van der Waals surface area contributed by atoms with Crippen molar-refractivity contribution in [2.24, 2.45) is 0 Å². The Morgan fingerprint density at radius 2 is 0.836 bits per heavy atom. The number of hydrogen-bond donors (Lipinski definition) is 2. The Morgan fingerprint density at radius 3 is 1.20 bits per heavy atom. The van der Waals surface area contributed by atoms with Crippen molar-refractivity contribution in [2.45, 2.75) is 64.9 Å². The molecule has 10 heteroatoms. The molecule has 0 spiro atoms. The van der Waals surface area contributed by atoms with Crippen molar-refractivity contribution in [3.05, 3.63) is 167 Å². The number of aliphatic hydroxyl groups is 2. The molecule has 282 valence electrons. The van der Waals surface area contributed by atoms with E-state index in [0.29, 0.717) is 11.1 Å². The Bertz CT molecular complexity index is 2410. The van der Waals surface area contributed by atoms with Gasteiger partial charge < -0.3 is 19.7 Å². The number of sulfone groups is 2. The topological polar surface area (TPSA) is 127 Å². The minimum atomic E-state index is -4.41. The number of fused-ring (bicyclic) bond motifs is 3. The lowest BCUT2D eigenvalue weighted by atomic mass is 9.67. The molecule has 0 bridgehead atoms. The molecule has 55 heavy (non-hydrogen) atoms. The van der Waals surface area contributed by atoms with Crippen molar-refractivity contribution in [2.75, 3.05) is 13.2 Å². The normalized spacial score (nSPS) is 14.4. The average molecular weight is 775 g/mol. The van der Waals surface area contributed by atoms with Crippen LogP contribution in [0.4, 0.5) is 0 Å². The van der Waals surface area contributed by atoms with E-state index in [4.69, 9.17) is 9.47 Å². The van der Waals surface area contributed by atoms with Gasteiger partial charge in [0.25, 0.3) is 0 Å². The van der Waals surface area contributed by atoms with Crippen LogP contribution in [0.2, 0.25) is 0 Å². The predicted octanol–water partition coefficient (Wildman–Crippen LogP) is 7.85. The molecule has 7 rings (SSSR count). The summed E-state index contributed by atoms with van der Waals surface area (Å²) >= 11 is 0. The molecule has 2 atom stereocenters. The molecule has 0 heterocycles. The molecule has 0 fully saturated rings. The monoisotopic (exact) mass is 774 g/mol. The lowest BCUT2D eigenvalue weighted by Crippen LogP contribution is -2.33. The summed E-state index contributed by atoms with van der Waals surface area (Å²) in [6, 6.07) is 38.1. The van der Waals surface area contributed by atoms with Gasteiger partial charge in [0.15, 0.2) is 0 Å². The molecule has 0 radical (unpaired) electrons. The first kappa shape index (κ1) is 38.0. The number of rotatable bonds is 12. The molecule has 0 saturated heterocycles. The molecule has 1 aliphatic carbocycles. The van der Waals surface area contributed by atoms with Crippen molar-refractivity contribution in [1.29, 1.82) is 0 Å². The molecule has 2 N–H and O–H groups in total. The molecule has 8 nitrogen and oxygen atoms in total. The fourth-order valence-corrected chi connectivity index (χ4v) is 10.7. The molecule has 6 aromatic rings. The van der Waals surface area contributed by atoms with Crippen LogP contribution in [0, 0.1) is 13.8 Å². The van der Waals surface area contributed by atoms with Crippen LogP contribution in [0.1, 0.15) is 47.2 Å². The molecular weight excluding hydrogens is 733 g/mol. The van der Waals surface area contributed by atoms with Crippen molar-refractivity contribution >= 4 is 19.7 Å². The van der Waals surface area contributed by atoms with Gasteiger partial charge in [-0.05, 0) is 97.5 Å². The largest absolute Gasteiger partial charge is 0.490 e. The van der Waals surface area contributed by atoms with E-state index in [2.05, 4.69) is 0 Å². The van der Waals surface area contributed by atoms with Gasteiger partial charge >= 0.3 is 0 Å². The van der Waals surface area contributed by atoms with Gasteiger partial charge in [0, 0.05) is 0 Å². The maximum Gasteiger partial charge on any atom is 0.210 e. The molecule has 1 aliphatic rings. The summed E-state index contributed by atoms with van der Waals surface area (Å²) in [6.45, 7) is 6.43. The van der Waals surface area contributed by atoms with Gasteiger partial charge in [0.2, 0.25) is 19.7 Å². The average Bonchev–Trinajstić information content (AvgIpc) is 3.47. The second-order valence-corrected chi connectivity index (χ2v) is 17.8. The van der Waals surface area contributed by atoms with Crippen LogP contribution in [0.5, 0.6) is 11.5 Å². The molecule has 0 amide bonds. The fourth-order valence-electron chi connectivity index (χ4n) is 7.46. The zero-order valence-electron chi connectivity index (χ0n) is 30.9. The minimum absolute atomic E-state index is 0.00432. The van der Waals surface area contributed by atoms with Crippen LogP contribution in [-0.2, 0) is 25.1 Å². The molecule has 0 aromatic heterocycles. The Kier molecular flexibility index (Phi) is 10.2. The summed E-state index contributed by atoms with van der Waals surface area (Å²) < 4.78 is 73.3. The molecule has 2 unspecified atom stereocenters. The molecule has 0 aliphatic heterocycles. The second-order valence-electron chi connectivity index (χ2n) is 14.1. The van der Waals surface area contributed by atoms with Gasteiger partial charge in [-0.15, -0.1) is 0 Å². The Hall–Kier alpha value is -5.26. The highest BCUT2D eigenvalue weighted by molar-refractivity contribution is 7.92. The summed E-state index contributed by atoms with van der Waals surface area (Å²) in [5, 5.41) is 20.6. The van der Waals surface area contributed by atoms with E-state index in [1.54, 1.807) is 98.8 Å². The van der Waals surface area contributed by atoms with E-state index in [-0.39, 0.29) is 55.4 Å². The summed E-state index contributed by atoms with van der Waals surface area (Å²) in [5.74, 6) is 0.00864. The van der Waals surface area contributed by atoms with E-state index in [1.807, 2.05) is 62.4 Å². The van der Waals surface area contributed by atoms with Crippen LogP contribution >= 0.6 is 0 Å². The van der Waals surface area contributed by atoms with E-state index in [1.165, 1.54) is 0 Å². The van der Waals surface area contributed by atoms with E-state index < -0.39 is 37.3 Å². The summed E-state index contributed by atoms with van der Waals surface area (Å²) in [6.07, 6.45) is -1.84. The molecule has 0 saturated carbocycles. The number of benzene rings is 6. The smallest absolute Gasteiger partial charge is 0.210 e. The Balaban J connectivity index is 1.70. The quantitative estimate of drug-likeness (QED) is 0.129. The van der Waals surface area contributed by atoms with Crippen LogP contribution in [0.15, 0.2) is 153 Å². The highest BCUT2D eigenvalue weighted by Gasteiger charge is 2.52. The number of hydrogen-bond acceptors (Lipinski definition) is 8. The van der Waals surface area contributed by atoms with Crippen molar-refractivity contribution in [3.63, 3.8) is 0 Å². The van der Waals surface area contributed by atoms with Crippen molar-refractivity contribution in [1.82, 2.24) is 0 Å². The van der Waals surface area contributed by atoms with Crippen LogP contribution in [0.3, 0.4) is 0 Å². The standard InChI is InChI=1S/C45H42O8S2/c1-29-19-23-33(24-20-29)54(48,49)43-39(15-9-17-41(43)52-27-31(3)46)45(37-13-7-5-11-35(37)36-12-6-8-14-38(36)45)40-16-10-18-42(53-28-32(4)47)44(40)55(50,51)34-25-21-30(2)22-26-34/h5-26,31-32,46-47H,27-28H2,1-4H3. The summed E-state index contributed by atoms with van der Waals surface area (Å²) in [7, 11) is -8.82. The first-order valence-electron chi connectivity index (χ1n) is 18.0. The molecule has 6 aromatic carbocycles. The third kappa shape index (κ3) is 6.63. The van der Waals surface area contributed by atoms with Gasteiger partial charge in [-0.1, -0.05) is 108 Å². The Labute approximate surface area is 322 Å². The van der Waals surface area contributed by atoms with Crippen molar-refractivity contribution < 1.29 is 36.5 Å². The maximum atomic E-state index is 15.3. The predicted molar refractivity (Wildman–Crippen MR) is 211 cm³/mol. The first-order valence-corrected chi connectivity index (χ1v) is 21.0. The minimum Gasteiger partial charge on any atom is -0.490 e. The zero-order valence-corrected chi connectivity index (χ0v) is 32.6. The van der Waals surface area contributed by atoms with Gasteiger partial charge in [-0.2, -0.15) is 0 Å². The van der Waals surface area contributed by atoms with Crippen molar-refractivity contribution in [3.8, 4) is 22.6 Å². The highest BCUT2D eigenvalue weighted by atomic mass is 32.2. The van der Waals surface area contributed by atoms with Crippen LogP contribution < -0.4 is 9.47 Å². The fraction of sp³-hybridized carbons (Fsp3) is 0.200. The third-order valence-electron chi connectivity index (χ3n) is 9.88.